The van der Waals surface area contributed by atoms with Crippen molar-refractivity contribution < 1.29 is 22.7 Å². The first-order valence-electron chi connectivity index (χ1n) is 12.4. The van der Waals surface area contributed by atoms with Crippen molar-refractivity contribution in [3.8, 4) is 0 Å². The number of aryl methyl sites for hydroxylation is 1. The van der Waals surface area contributed by atoms with Gasteiger partial charge in [-0.25, -0.2) is 17.5 Å². The van der Waals surface area contributed by atoms with Gasteiger partial charge in [0.05, 0.1) is 11.8 Å². The lowest BCUT2D eigenvalue weighted by Crippen LogP contribution is -2.57. The molecule has 2 heterocycles. The van der Waals surface area contributed by atoms with Gasteiger partial charge in [0.2, 0.25) is 10.0 Å². The second-order valence-corrected chi connectivity index (χ2v) is 12.9. The average molecular weight is 509 g/mol. The van der Waals surface area contributed by atoms with Crippen LogP contribution in [0.25, 0.3) is 0 Å². The van der Waals surface area contributed by atoms with E-state index in [2.05, 4.69) is 10.6 Å². The standard InChI is InChI=1S/C25H40N4O5S/c1-7-35(32,33)29-12-10-19(11-13-29)18(3)26-23(30)22-14-20(9-8-17(22)2)27-21-15-28(16-21)24(31)34-25(4,5)6/h8-9,14,18-19,21,27H,7,10-13,15-16H2,1-6H3,(H,26,30). The van der Waals surface area contributed by atoms with Gasteiger partial charge >= 0.3 is 6.09 Å². The van der Waals surface area contributed by atoms with Crippen LogP contribution in [-0.2, 0) is 14.8 Å². The molecule has 0 aliphatic carbocycles. The normalized spacial score (nSPS) is 19.1. The number of nitrogens with one attached hydrogen (secondary N) is 2. The predicted octanol–water partition coefficient (Wildman–Crippen LogP) is 3.21. The van der Waals surface area contributed by atoms with Crippen LogP contribution in [0, 0.1) is 12.8 Å². The summed E-state index contributed by atoms with van der Waals surface area (Å²) in [5.41, 5.74) is 1.81. The van der Waals surface area contributed by atoms with Gasteiger partial charge in [-0.15, -0.1) is 0 Å². The molecule has 2 saturated heterocycles. The Morgan fingerprint density at radius 1 is 1.17 bits per heavy atom. The fourth-order valence-corrected chi connectivity index (χ4v) is 5.61. The van der Waals surface area contributed by atoms with Crippen molar-refractivity contribution >= 4 is 27.7 Å². The summed E-state index contributed by atoms with van der Waals surface area (Å²) in [7, 11) is -3.16. The van der Waals surface area contributed by atoms with Gasteiger partial charge in [0.25, 0.3) is 5.91 Å². The van der Waals surface area contributed by atoms with Gasteiger partial charge in [0.1, 0.15) is 5.60 Å². The van der Waals surface area contributed by atoms with Crippen LogP contribution in [0.3, 0.4) is 0 Å². The summed E-state index contributed by atoms with van der Waals surface area (Å²) in [5, 5.41) is 6.52. The topological polar surface area (TPSA) is 108 Å². The molecule has 2 N–H and O–H groups in total. The first-order valence-corrected chi connectivity index (χ1v) is 14.0. The van der Waals surface area contributed by atoms with Crippen LogP contribution in [0.1, 0.15) is 63.4 Å². The van der Waals surface area contributed by atoms with Crippen LogP contribution >= 0.6 is 0 Å². The highest BCUT2D eigenvalue weighted by molar-refractivity contribution is 7.89. The Morgan fingerprint density at radius 3 is 2.37 bits per heavy atom. The zero-order valence-electron chi connectivity index (χ0n) is 21.8. The van der Waals surface area contributed by atoms with Crippen molar-refractivity contribution in [2.24, 2.45) is 5.92 Å². The fraction of sp³-hybridized carbons (Fsp3) is 0.680. The maximum absolute atomic E-state index is 13.1. The van der Waals surface area contributed by atoms with E-state index in [4.69, 9.17) is 4.74 Å². The van der Waals surface area contributed by atoms with Crippen LogP contribution < -0.4 is 10.6 Å². The van der Waals surface area contributed by atoms with Crippen molar-refractivity contribution in [1.82, 2.24) is 14.5 Å². The number of ether oxygens (including phenoxy) is 1. The molecule has 0 spiro atoms. The third kappa shape index (κ3) is 7.10. The Morgan fingerprint density at radius 2 is 1.80 bits per heavy atom. The molecule has 9 nitrogen and oxygen atoms in total. The van der Waals surface area contributed by atoms with Gasteiger partial charge in [-0.05, 0) is 78.0 Å². The van der Waals surface area contributed by atoms with E-state index in [9.17, 15) is 18.0 Å². The van der Waals surface area contributed by atoms with Crippen molar-refractivity contribution in [3.63, 3.8) is 0 Å². The Kier molecular flexibility index (Phi) is 8.36. The maximum atomic E-state index is 13.1. The lowest BCUT2D eigenvalue weighted by atomic mass is 9.91. The number of nitrogens with zero attached hydrogens (tertiary/aromatic N) is 2. The van der Waals surface area contributed by atoms with E-state index in [-0.39, 0.29) is 35.8 Å². The summed E-state index contributed by atoms with van der Waals surface area (Å²) in [6.45, 7) is 13.2. The van der Waals surface area contributed by atoms with Crippen molar-refractivity contribution in [2.45, 2.75) is 72.1 Å². The number of amides is 2. The number of hydrogen-bond acceptors (Lipinski definition) is 6. The van der Waals surface area contributed by atoms with Gasteiger partial charge in [0.15, 0.2) is 0 Å². The van der Waals surface area contributed by atoms with E-state index in [0.29, 0.717) is 31.7 Å². The summed E-state index contributed by atoms with van der Waals surface area (Å²) in [6.07, 6.45) is 1.15. The number of rotatable bonds is 7. The molecule has 0 radical (unpaired) electrons. The molecule has 35 heavy (non-hydrogen) atoms. The molecule has 10 heteroatoms. The molecule has 2 amide bonds. The Bertz CT molecular complexity index is 1020. The fourth-order valence-electron chi connectivity index (χ4n) is 4.48. The summed E-state index contributed by atoms with van der Waals surface area (Å²) in [6, 6.07) is 5.75. The van der Waals surface area contributed by atoms with Crippen LogP contribution in [0.4, 0.5) is 10.5 Å². The number of anilines is 1. The predicted molar refractivity (Wildman–Crippen MR) is 137 cm³/mol. The monoisotopic (exact) mass is 508 g/mol. The molecule has 0 saturated carbocycles. The first kappa shape index (κ1) is 27.3. The van der Waals surface area contributed by atoms with E-state index in [1.54, 1.807) is 16.1 Å². The number of hydrogen-bond donors (Lipinski definition) is 2. The lowest BCUT2D eigenvalue weighted by Gasteiger charge is -2.40. The van der Waals surface area contributed by atoms with Crippen LogP contribution in [0.15, 0.2) is 18.2 Å². The van der Waals surface area contributed by atoms with Gasteiger partial charge in [-0.3, -0.25) is 4.79 Å². The number of piperidine rings is 1. The number of carbonyl (C=O) groups excluding carboxylic acids is 2. The third-order valence-corrected chi connectivity index (χ3v) is 8.59. The summed E-state index contributed by atoms with van der Waals surface area (Å²) in [5.74, 6) is 0.219. The van der Waals surface area contributed by atoms with Gasteiger partial charge in [0, 0.05) is 43.5 Å². The van der Waals surface area contributed by atoms with E-state index in [1.807, 2.05) is 52.8 Å². The Hall–Kier alpha value is -2.33. The molecule has 2 aliphatic heterocycles. The van der Waals surface area contributed by atoms with Crippen LogP contribution in [0.2, 0.25) is 0 Å². The molecule has 1 aromatic carbocycles. The SMILES string of the molecule is CCS(=O)(=O)N1CCC(C(C)NC(=O)c2cc(NC3CN(C(=O)OC(C)(C)C)C3)ccc2C)CC1. The highest BCUT2D eigenvalue weighted by Crippen LogP contribution is 2.24. The molecule has 3 rings (SSSR count). The van der Waals surface area contributed by atoms with E-state index < -0.39 is 15.6 Å². The molecular weight excluding hydrogens is 468 g/mol. The minimum atomic E-state index is -3.16. The molecular formula is C25H40N4O5S. The zero-order valence-corrected chi connectivity index (χ0v) is 22.6. The highest BCUT2D eigenvalue weighted by atomic mass is 32.2. The summed E-state index contributed by atoms with van der Waals surface area (Å²) < 4.78 is 31.1. The number of likely N-dealkylation sites (tertiary alicyclic amines) is 1. The first-order chi connectivity index (χ1) is 16.3. The van der Waals surface area contributed by atoms with E-state index in [0.717, 1.165) is 24.1 Å². The molecule has 196 valence electrons. The minimum Gasteiger partial charge on any atom is -0.444 e. The molecule has 0 bridgehead atoms. The Balaban J connectivity index is 1.52. The van der Waals surface area contributed by atoms with Crippen molar-refractivity contribution in [3.05, 3.63) is 29.3 Å². The summed E-state index contributed by atoms with van der Waals surface area (Å²) in [4.78, 5) is 26.9. The number of sulfonamides is 1. The second kappa shape index (κ2) is 10.7. The number of carbonyl (C=O) groups is 2. The molecule has 2 fully saturated rings. The second-order valence-electron chi connectivity index (χ2n) is 10.7. The van der Waals surface area contributed by atoms with Crippen molar-refractivity contribution in [2.75, 3.05) is 37.2 Å². The molecule has 1 aromatic rings. The highest BCUT2D eigenvalue weighted by Gasteiger charge is 2.34. The smallest absolute Gasteiger partial charge is 0.410 e. The van der Waals surface area contributed by atoms with Gasteiger partial charge in [-0.1, -0.05) is 6.07 Å². The van der Waals surface area contributed by atoms with E-state index >= 15 is 0 Å². The lowest BCUT2D eigenvalue weighted by molar-refractivity contribution is 0.0105. The van der Waals surface area contributed by atoms with Gasteiger partial charge < -0.3 is 20.3 Å². The Labute approximate surface area is 209 Å². The number of benzene rings is 1. The van der Waals surface area contributed by atoms with E-state index in [1.165, 1.54) is 0 Å². The average Bonchev–Trinajstić information content (AvgIpc) is 2.75. The molecule has 1 unspecified atom stereocenters. The third-order valence-electron chi connectivity index (χ3n) is 6.71. The maximum Gasteiger partial charge on any atom is 0.410 e. The van der Waals surface area contributed by atoms with Crippen LogP contribution in [-0.4, -0.2) is 79.2 Å². The molecule has 1 atom stereocenters. The zero-order chi connectivity index (χ0) is 26.0. The molecule has 2 aliphatic rings. The van der Waals surface area contributed by atoms with Crippen molar-refractivity contribution in [1.29, 1.82) is 0 Å². The minimum absolute atomic E-state index is 0.0565. The largest absolute Gasteiger partial charge is 0.444 e. The quantitative estimate of drug-likeness (QED) is 0.586. The summed E-state index contributed by atoms with van der Waals surface area (Å²) >= 11 is 0. The molecule has 0 aromatic heterocycles. The van der Waals surface area contributed by atoms with Crippen LogP contribution in [0.5, 0.6) is 0 Å². The van der Waals surface area contributed by atoms with Gasteiger partial charge in [-0.2, -0.15) is 0 Å².